The summed E-state index contributed by atoms with van der Waals surface area (Å²) in [6.45, 7) is -1.59. The van der Waals surface area contributed by atoms with Gasteiger partial charge in [-0.2, -0.15) is 8.78 Å². The van der Waals surface area contributed by atoms with Gasteiger partial charge in [-0.25, -0.2) is 26.3 Å². The van der Waals surface area contributed by atoms with Crippen LogP contribution in [0.2, 0.25) is 0 Å². The Morgan fingerprint density at radius 1 is 1.00 bits per heavy atom. The minimum atomic E-state index is -4.62. The minimum absolute atomic E-state index is 0.0490. The third-order valence-corrected chi connectivity index (χ3v) is 4.93. The summed E-state index contributed by atoms with van der Waals surface area (Å²) in [5.41, 5.74) is -3.91. The maximum atomic E-state index is 14.6. The van der Waals surface area contributed by atoms with Crippen molar-refractivity contribution in [3.05, 3.63) is 47.0 Å². The maximum Gasteiger partial charge on any atom is 0.482 e. The normalized spacial score (nSPS) is 14.4. The van der Waals surface area contributed by atoms with Crippen LogP contribution in [-0.4, -0.2) is 54.0 Å². The molecule has 2 aromatic rings. The molecule has 0 saturated carbocycles. The zero-order chi connectivity index (χ0) is 26.4. The van der Waals surface area contributed by atoms with Crippen molar-refractivity contribution in [3.8, 4) is 16.9 Å². The third kappa shape index (κ3) is 4.57. The minimum Gasteiger partial charge on any atom is -0.481 e. The smallest absolute Gasteiger partial charge is 0.481 e. The number of ether oxygens (including phenoxy) is 1. The Bertz CT molecular complexity index is 1220. The number of halogens is 8. The van der Waals surface area contributed by atoms with Crippen LogP contribution in [-0.2, 0) is 14.4 Å². The first-order valence-electron chi connectivity index (χ1n) is 9.37. The zero-order valence-corrected chi connectivity index (χ0v) is 17.3. The average Bonchev–Trinajstić information content (AvgIpc) is 2.78. The molecule has 0 radical (unpaired) electrons. The average molecular weight is 512 g/mol. The number of rotatable bonds is 6. The lowest BCUT2D eigenvalue weighted by Crippen LogP contribution is -2.53. The number of benzene rings is 2. The third-order valence-electron chi connectivity index (χ3n) is 4.93. The molecule has 0 aliphatic carbocycles. The molecule has 7 nitrogen and oxygen atoms in total. The largest absolute Gasteiger partial charge is 0.482 e. The second-order valence-corrected chi connectivity index (χ2v) is 7.21. The second-order valence-electron chi connectivity index (χ2n) is 7.21. The second kappa shape index (κ2) is 9.03. The van der Waals surface area contributed by atoms with Gasteiger partial charge < -0.3 is 14.7 Å². The summed E-state index contributed by atoms with van der Waals surface area (Å²) < 4.78 is 116. The predicted octanol–water partition coefficient (Wildman–Crippen LogP) is 3.44. The highest BCUT2D eigenvalue weighted by Crippen LogP contribution is 2.44. The Kier molecular flexibility index (Phi) is 6.64. The van der Waals surface area contributed by atoms with Crippen LogP contribution in [0.5, 0.6) is 5.75 Å². The van der Waals surface area contributed by atoms with Crippen LogP contribution in [0, 0.1) is 34.9 Å². The Morgan fingerprint density at radius 3 is 2.09 bits per heavy atom. The molecule has 3 rings (SSSR count). The Labute approximate surface area is 190 Å². The number of carbonyl (C=O) groups is 3. The molecule has 1 aliphatic rings. The van der Waals surface area contributed by atoms with E-state index in [1.54, 1.807) is 0 Å². The number of alkyl halides is 2. The van der Waals surface area contributed by atoms with Crippen LogP contribution in [0.4, 0.5) is 40.8 Å². The van der Waals surface area contributed by atoms with E-state index >= 15 is 0 Å². The Balaban J connectivity index is 2.14. The van der Waals surface area contributed by atoms with Gasteiger partial charge in [-0.05, 0) is 6.07 Å². The van der Waals surface area contributed by atoms with Gasteiger partial charge in [0.2, 0.25) is 11.7 Å². The van der Waals surface area contributed by atoms with Crippen molar-refractivity contribution in [1.82, 2.24) is 4.90 Å². The molecule has 0 saturated heterocycles. The molecular weight excluding hydrogens is 500 g/mol. The number of carbonyl (C=O) groups excluding carboxylic acids is 2. The summed E-state index contributed by atoms with van der Waals surface area (Å²) in [5, 5.41) is 8.68. The molecule has 2 amide bonds. The summed E-state index contributed by atoms with van der Waals surface area (Å²) in [4.78, 5) is 36.1. The molecule has 2 aromatic carbocycles. The van der Waals surface area contributed by atoms with E-state index in [9.17, 15) is 49.5 Å². The number of nitrogens with zero attached hydrogens (tertiary/aromatic N) is 2. The fourth-order valence-electron chi connectivity index (χ4n) is 3.12. The van der Waals surface area contributed by atoms with Crippen molar-refractivity contribution in [3.63, 3.8) is 0 Å². The number of hydrogen-bond acceptors (Lipinski definition) is 4. The van der Waals surface area contributed by atoms with Gasteiger partial charge in [0.15, 0.2) is 29.0 Å². The van der Waals surface area contributed by atoms with Crippen LogP contribution in [0.15, 0.2) is 12.1 Å². The van der Waals surface area contributed by atoms with Gasteiger partial charge in [0, 0.05) is 25.2 Å². The lowest BCUT2D eigenvalue weighted by molar-refractivity contribution is -0.193. The number of carboxylic acid groups (broad SMARTS) is 1. The van der Waals surface area contributed by atoms with E-state index in [1.165, 1.54) is 0 Å². The maximum absolute atomic E-state index is 14.6. The van der Waals surface area contributed by atoms with E-state index in [2.05, 4.69) is 4.74 Å². The molecule has 0 bridgehead atoms. The molecule has 0 atom stereocenters. The molecule has 0 fully saturated rings. The van der Waals surface area contributed by atoms with E-state index in [0.29, 0.717) is 6.07 Å². The summed E-state index contributed by atoms with van der Waals surface area (Å²) >= 11 is 0. The summed E-state index contributed by atoms with van der Waals surface area (Å²) in [7, 11) is 1.08. The quantitative estimate of drug-likeness (QED) is 0.364. The Hall–Kier alpha value is -3.91. The van der Waals surface area contributed by atoms with Gasteiger partial charge in [0.25, 0.3) is 0 Å². The summed E-state index contributed by atoms with van der Waals surface area (Å²) in [6.07, 6.45) is -5.16. The highest BCUT2D eigenvalue weighted by atomic mass is 19.3. The van der Waals surface area contributed by atoms with Crippen molar-refractivity contribution in [2.45, 2.75) is 12.5 Å². The zero-order valence-electron chi connectivity index (χ0n) is 17.3. The van der Waals surface area contributed by atoms with Crippen LogP contribution < -0.4 is 9.64 Å². The molecule has 15 heteroatoms. The van der Waals surface area contributed by atoms with Crippen LogP contribution in [0.25, 0.3) is 11.1 Å². The van der Waals surface area contributed by atoms with Crippen molar-refractivity contribution < 1.29 is 59.4 Å². The Morgan fingerprint density at radius 2 is 1.54 bits per heavy atom. The fourth-order valence-corrected chi connectivity index (χ4v) is 3.12. The van der Waals surface area contributed by atoms with E-state index < -0.39 is 101 Å². The number of aliphatic carboxylic acids is 1. The number of likely N-dealkylation sites (N-methyl/N-ethyl adjacent to an activating group) is 1. The predicted molar refractivity (Wildman–Crippen MR) is 99.4 cm³/mol. The number of hydrogen-bond donors (Lipinski definition) is 1. The number of amides is 2. The lowest BCUT2D eigenvalue weighted by Gasteiger charge is -2.34. The van der Waals surface area contributed by atoms with Gasteiger partial charge in [-0.3, -0.25) is 19.3 Å². The van der Waals surface area contributed by atoms with Gasteiger partial charge in [0.05, 0.1) is 17.7 Å². The molecule has 0 unspecified atom stereocenters. The first-order chi connectivity index (χ1) is 16.2. The highest BCUT2D eigenvalue weighted by Gasteiger charge is 2.51. The molecule has 1 aliphatic heterocycles. The number of anilines is 1. The van der Waals surface area contributed by atoms with Crippen LogP contribution >= 0.6 is 0 Å². The van der Waals surface area contributed by atoms with Gasteiger partial charge in [-0.15, -0.1) is 0 Å². The summed E-state index contributed by atoms with van der Waals surface area (Å²) in [5.74, 6) is -19.6. The molecule has 1 N–H and O–H groups in total. The molecule has 1 heterocycles. The molecular formula is C20H12F8N2O5. The lowest BCUT2D eigenvalue weighted by atomic mass is 10.0. The number of carboxylic acids is 1. The molecule has 35 heavy (non-hydrogen) atoms. The monoisotopic (exact) mass is 512 g/mol. The van der Waals surface area contributed by atoms with Crippen molar-refractivity contribution >= 4 is 23.5 Å². The van der Waals surface area contributed by atoms with Gasteiger partial charge in [0.1, 0.15) is 12.4 Å². The standard InChI is InChI=1S/C20H12F8N2O5/c1-29(3-2-12(32)33)11(31)6-30-9-4-7(8(21)5-10(9)35-20(27,28)19(30)34)13-14(22)16(24)18(26)17(25)15(13)23/h4-5H,2-3,6H2,1H3,(H,32,33). The SMILES string of the molecule is CN(CCC(=O)O)C(=O)CN1C(=O)C(F)(F)Oc2cc(F)c(-c3c(F)c(F)c(F)c(F)c3F)cc21. The van der Waals surface area contributed by atoms with Gasteiger partial charge in [-0.1, -0.05) is 0 Å². The summed E-state index contributed by atoms with van der Waals surface area (Å²) in [6, 6.07) is 0.426. The van der Waals surface area contributed by atoms with E-state index in [1.807, 2.05) is 0 Å². The van der Waals surface area contributed by atoms with Crippen molar-refractivity contribution in [2.24, 2.45) is 0 Å². The molecule has 188 valence electrons. The van der Waals surface area contributed by atoms with Gasteiger partial charge >= 0.3 is 18.0 Å². The highest BCUT2D eigenvalue weighted by molar-refractivity contribution is 6.05. The first kappa shape index (κ1) is 25.7. The molecule has 0 spiro atoms. The van der Waals surface area contributed by atoms with Crippen LogP contribution in [0.1, 0.15) is 6.42 Å². The molecule has 0 aromatic heterocycles. The van der Waals surface area contributed by atoms with Crippen molar-refractivity contribution in [2.75, 3.05) is 25.0 Å². The van der Waals surface area contributed by atoms with Crippen LogP contribution in [0.3, 0.4) is 0 Å². The van der Waals surface area contributed by atoms with E-state index in [0.717, 1.165) is 11.9 Å². The fraction of sp³-hybridized carbons (Fsp3) is 0.250. The van der Waals surface area contributed by atoms with E-state index in [-0.39, 0.29) is 11.0 Å². The topological polar surface area (TPSA) is 87.2 Å². The van der Waals surface area contributed by atoms with Crippen molar-refractivity contribution in [1.29, 1.82) is 0 Å². The van der Waals surface area contributed by atoms with E-state index in [4.69, 9.17) is 5.11 Å². The number of fused-ring (bicyclic) bond motifs is 1. The first-order valence-corrected chi connectivity index (χ1v) is 9.37.